The van der Waals surface area contributed by atoms with Crippen LogP contribution < -0.4 is 16.0 Å². The van der Waals surface area contributed by atoms with Crippen molar-refractivity contribution in [1.29, 1.82) is 0 Å². The minimum atomic E-state index is 0.795. The van der Waals surface area contributed by atoms with E-state index in [1.807, 2.05) is 70.3 Å². The van der Waals surface area contributed by atoms with E-state index in [9.17, 15) is 0 Å². The second-order valence-corrected chi connectivity index (χ2v) is 6.64. The standard InChI is InChI=1S/C17H18N6S/c1-13-14(2)24-23(18-13)22-20-17(15-9-5-3-6-10-15)19-21(22)16-11-7-4-8-12-16/h3-12,18H,1-2H3,(H,19,20). The Bertz CT molecular complexity index is 775. The van der Waals surface area contributed by atoms with Gasteiger partial charge < -0.3 is 0 Å². The van der Waals surface area contributed by atoms with E-state index in [1.54, 1.807) is 17.2 Å². The van der Waals surface area contributed by atoms with E-state index in [2.05, 4.69) is 24.7 Å². The van der Waals surface area contributed by atoms with Crippen LogP contribution >= 0.6 is 11.9 Å². The van der Waals surface area contributed by atoms with E-state index in [1.165, 1.54) is 4.91 Å². The number of nitrogens with zero attached hydrogens (tertiary/aromatic N) is 4. The minimum Gasteiger partial charge on any atom is -0.292 e. The summed E-state index contributed by atoms with van der Waals surface area (Å²) in [5, 5.41) is 8.45. The highest BCUT2D eigenvalue weighted by atomic mass is 32.2. The number of anilines is 1. The monoisotopic (exact) mass is 338 g/mol. The SMILES string of the molecule is CC1=C(C)SN(N2N=C(c3ccccc3)NN2c2ccccc2)N1. The van der Waals surface area contributed by atoms with Crippen LogP contribution in [0.1, 0.15) is 19.4 Å². The zero-order valence-electron chi connectivity index (χ0n) is 13.5. The van der Waals surface area contributed by atoms with Gasteiger partial charge in [-0.1, -0.05) is 53.8 Å². The van der Waals surface area contributed by atoms with E-state index in [0.29, 0.717) is 0 Å². The van der Waals surface area contributed by atoms with Crippen LogP contribution in [0.2, 0.25) is 0 Å². The second kappa shape index (κ2) is 6.10. The summed E-state index contributed by atoms with van der Waals surface area (Å²) < 4.78 is 1.90. The van der Waals surface area contributed by atoms with E-state index >= 15 is 0 Å². The number of rotatable bonds is 3. The Morgan fingerprint density at radius 2 is 1.54 bits per heavy atom. The normalized spacial score (nSPS) is 17.8. The highest BCUT2D eigenvalue weighted by Crippen LogP contribution is 2.32. The predicted octanol–water partition coefficient (Wildman–Crippen LogP) is 3.22. The summed E-state index contributed by atoms with van der Waals surface area (Å²) in [6.45, 7) is 4.14. The van der Waals surface area contributed by atoms with Gasteiger partial charge in [-0.25, -0.2) is 0 Å². The van der Waals surface area contributed by atoms with Gasteiger partial charge in [-0.3, -0.25) is 10.9 Å². The van der Waals surface area contributed by atoms with Gasteiger partial charge in [0, 0.05) is 28.1 Å². The summed E-state index contributed by atoms with van der Waals surface area (Å²) in [6, 6.07) is 20.2. The lowest BCUT2D eigenvalue weighted by atomic mass is 10.2. The van der Waals surface area contributed by atoms with Crippen LogP contribution in [0.3, 0.4) is 0 Å². The maximum Gasteiger partial charge on any atom is 0.177 e. The number of nitrogens with one attached hydrogen (secondary N) is 2. The number of para-hydroxylation sites is 1. The smallest absolute Gasteiger partial charge is 0.177 e. The Morgan fingerprint density at radius 3 is 2.17 bits per heavy atom. The fraction of sp³-hybridized carbons (Fsp3) is 0.118. The molecule has 0 saturated heterocycles. The molecule has 2 aromatic rings. The molecule has 0 fully saturated rings. The molecule has 2 aromatic carbocycles. The number of hydrazine groups is 4. The van der Waals surface area contributed by atoms with E-state index < -0.39 is 0 Å². The molecule has 7 heteroatoms. The van der Waals surface area contributed by atoms with Crippen molar-refractivity contribution in [1.82, 2.24) is 20.6 Å². The van der Waals surface area contributed by atoms with Crippen molar-refractivity contribution in [3.05, 3.63) is 76.8 Å². The first-order valence-corrected chi connectivity index (χ1v) is 8.48. The highest BCUT2D eigenvalue weighted by molar-refractivity contribution is 8.00. The molecule has 2 heterocycles. The Balaban J connectivity index is 1.67. The first kappa shape index (κ1) is 14.9. The van der Waals surface area contributed by atoms with Gasteiger partial charge in [0.05, 0.1) is 5.69 Å². The van der Waals surface area contributed by atoms with Crippen LogP contribution in [0.15, 0.2) is 76.4 Å². The number of hydrazone groups is 1. The lowest BCUT2D eigenvalue weighted by Gasteiger charge is -2.32. The summed E-state index contributed by atoms with van der Waals surface area (Å²) >= 11 is 1.61. The molecule has 0 amide bonds. The maximum atomic E-state index is 4.75. The van der Waals surface area contributed by atoms with Crippen LogP contribution in [0.25, 0.3) is 0 Å². The lowest BCUT2D eigenvalue weighted by Crippen LogP contribution is -2.52. The Labute approximate surface area is 145 Å². The number of hydrogen-bond acceptors (Lipinski definition) is 7. The third kappa shape index (κ3) is 2.68. The van der Waals surface area contributed by atoms with Gasteiger partial charge in [-0.2, -0.15) is 5.12 Å². The van der Waals surface area contributed by atoms with Crippen LogP contribution in [0.4, 0.5) is 5.69 Å². The Morgan fingerprint density at radius 1 is 0.875 bits per heavy atom. The fourth-order valence-corrected chi connectivity index (χ4v) is 3.21. The number of amidine groups is 1. The summed E-state index contributed by atoms with van der Waals surface area (Å²) in [5.74, 6) is 0.795. The van der Waals surface area contributed by atoms with Gasteiger partial charge in [0.15, 0.2) is 5.84 Å². The Hall–Kier alpha value is -2.64. The van der Waals surface area contributed by atoms with Crippen LogP contribution in [-0.2, 0) is 0 Å². The van der Waals surface area contributed by atoms with Crippen molar-refractivity contribution in [3.63, 3.8) is 0 Å². The summed E-state index contributed by atoms with van der Waals surface area (Å²) in [4.78, 5) is 1.21. The van der Waals surface area contributed by atoms with E-state index in [0.717, 1.165) is 22.8 Å². The van der Waals surface area contributed by atoms with Crippen LogP contribution in [-0.4, -0.2) is 15.6 Å². The summed E-state index contributed by atoms with van der Waals surface area (Å²) in [7, 11) is 0. The number of hydrogen-bond donors (Lipinski definition) is 2. The third-order valence-electron chi connectivity index (χ3n) is 3.81. The van der Waals surface area contributed by atoms with E-state index in [4.69, 9.17) is 5.10 Å². The van der Waals surface area contributed by atoms with Crippen molar-refractivity contribution >= 4 is 23.5 Å². The average molecular weight is 338 g/mol. The Kier molecular flexibility index (Phi) is 3.79. The summed E-state index contributed by atoms with van der Waals surface area (Å²) in [6.07, 6.45) is 0. The van der Waals surface area contributed by atoms with Crippen molar-refractivity contribution < 1.29 is 0 Å². The molecule has 0 saturated carbocycles. The van der Waals surface area contributed by atoms with Crippen molar-refractivity contribution in [2.45, 2.75) is 13.8 Å². The molecular weight excluding hydrogens is 320 g/mol. The zero-order valence-corrected chi connectivity index (χ0v) is 14.3. The maximum absolute atomic E-state index is 4.75. The molecule has 4 rings (SSSR count). The van der Waals surface area contributed by atoms with Gasteiger partial charge in [0.2, 0.25) is 0 Å². The lowest BCUT2D eigenvalue weighted by molar-refractivity contribution is 0.0366. The molecule has 0 unspecified atom stereocenters. The van der Waals surface area contributed by atoms with Crippen molar-refractivity contribution in [2.75, 3.05) is 5.12 Å². The average Bonchev–Trinajstić information content (AvgIpc) is 3.21. The van der Waals surface area contributed by atoms with Gasteiger partial charge in [0.1, 0.15) is 0 Å². The topological polar surface area (TPSA) is 46.1 Å². The molecule has 0 aliphatic carbocycles. The molecular formula is C17H18N6S. The fourth-order valence-electron chi connectivity index (χ4n) is 2.40. The molecule has 6 nitrogen and oxygen atoms in total. The predicted molar refractivity (Wildman–Crippen MR) is 97.8 cm³/mol. The van der Waals surface area contributed by atoms with Gasteiger partial charge >= 0.3 is 0 Å². The van der Waals surface area contributed by atoms with Crippen molar-refractivity contribution in [3.8, 4) is 0 Å². The second-order valence-electron chi connectivity index (χ2n) is 5.50. The molecule has 0 aromatic heterocycles. The molecule has 2 N–H and O–H groups in total. The molecule has 2 aliphatic heterocycles. The quantitative estimate of drug-likeness (QED) is 0.838. The van der Waals surface area contributed by atoms with Gasteiger partial charge in [-0.15, -0.1) is 5.10 Å². The molecule has 2 aliphatic rings. The zero-order chi connectivity index (χ0) is 16.5. The molecule has 122 valence electrons. The van der Waals surface area contributed by atoms with Crippen molar-refractivity contribution in [2.24, 2.45) is 5.10 Å². The van der Waals surface area contributed by atoms with Gasteiger partial charge in [0.25, 0.3) is 0 Å². The molecule has 0 spiro atoms. The third-order valence-corrected chi connectivity index (χ3v) is 4.80. The largest absolute Gasteiger partial charge is 0.292 e. The minimum absolute atomic E-state index is 0.795. The number of allylic oxidation sites excluding steroid dienone is 2. The van der Waals surface area contributed by atoms with Gasteiger partial charge in [-0.05, 0) is 30.5 Å². The first-order chi connectivity index (χ1) is 11.7. The van der Waals surface area contributed by atoms with E-state index in [-0.39, 0.29) is 0 Å². The molecule has 24 heavy (non-hydrogen) atoms. The highest BCUT2D eigenvalue weighted by Gasteiger charge is 2.33. The summed E-state index contributed by atoms with van der Waals surface area (Å²) in [5.41, 5.74) is 9.86. The number of benzene rings is 2. The molecule has 0 radical (unpaired) electrons. The molecule has 0 atom stereocenters. The molecule has 0 bridgehead atoms. The van der Waals surface area contributed by atoms with Crippen LogP contribution in [0.5, 0.6) is 0 Å². The van der Waals surface area contributed by atoms with Crippen LogP contribution in [0, 0.1) is 0 Å². The first-order valence-electron chi connectivity index (χ1n) is 7.70.